The monoisotopic (exact) mass is 1220 g/mol. The summed E-state index contributed by atoms with van der Waals surface area (Å²) in [4.78, 5) is 129. The summed E-state index contributed by atoms with van der Waals surface area (Å²) in [5, 5.41) is 6.90. The van der Waals surface area contributed by atoms with Crippen LogP contribution in [0.3, 0.4) is 0 Å². The smallest absolute Gasteiger partial charge is 0.243 e. The van der Waals surface area contributed by atoms with Gasteiger partial charge in [-0.2, -0.15) is 0 Å². The van der Waals surface area contributed by atoms with E-state index in [1.165, 1.54) is 34.3 Å². The van der Waals surface area contributed by atoms with Gasteiger partial charge >= 0.3 is 0 Å². The van der Waals surface area contributed by atoms with E-state index in [2.05, 4.69) is 21.3 Å². The number of rotatable bonds is 33. The summed E-state index contributed by atoms with van der Waals surface area (Å²) in [5.41, 5.74) is 19.4. The van der Waals surface area contributed by atoms with E-state index in [0.717, 1.165) is 11.1 Å². The number of nitrogens with two attached hydrogens (primary N) is 1. The average molecular weight is 1220 g/mol. The number of terminal acetylenes is 1. The molecule has 0 bridgehead atoms. The summed E-state index contributed by atoms with van der Waals surface area (Å²) >= 11 is 0. The second-order valence-corrected chi connectivity index (χ2v) is 22.1. The van der Waals surface area contributed by atoms with Crippen molar-refractivity contribution in [1.29, 1.82) is 0 Å². The van der Waals surface area contributed by atoms with Crippen LogP contribution in [-0.4, -0.2) is 154 Å². The van der Waals surface area contributed by atoms with Crippen LogP contribution >= 0.6 is 0 Å². The van der Waals surface area contributed by atoms with Crippen molar-refractivity contribution in [3.63, 3.8) is 0 Å². The summed E-state index contributed by atoms with van der Waals surface area (Å²) in [6.45, 7) is 6.47. The number of nitrogens with zero attached hydrogens (tertiary/aromatic N) is 10. The van der Waals surface area contributed by atoms with Crippen LogP contribution in [0.1, 0.15) is 118 Å². The van der Waals surface area contributed by atoms with Crippen LogP contribution in [0.4, 0.5) is 0 Å². The fourth-order valence-electron chi connectivity index (χ4n) is 10.6. The number of hydrogen-bond donors (Lipinski definition) is 2. The van der Waals surface area contributed by atoms with Crippen LogP contribution in [0.5, 0.6) is 0 Å². The van der Waals surface area contributed by atoms with E-state index in [-0.39, 0.29) is 38.6 Å². The first-order chi connectivity index (χ1) is 43.3. The molecular weight excluding hydrogens is 1140 g/mol. The number of primary amides is 1. The molecule has 8 amide bonds. The maximum atomic E-state index is 15.4. The maximum Gasteiger partial charge on any atom is 0.243 e. The van der Waals surface area contributed by atoms with Gasteiger partial charge in [0.25, 0.3) is 0 Å². The van der Waals surface area contributed by atoms with Crippen molar-refractivity contribution in [1.82, 2.24) is 39.6 Å². The van der Waals surface area contributed by atoms with E-state index < -0.39 is 123 Å². The minimum atomic E-state index is -0.788. The summed E-state index contributed by atoms with van der Waals surface area (Å²) in [5.74, 6) is -2.46. The zero-order valence-corrected chi connectivity index (χ0v) is 52.2. The highest BCUT2D eigenvalue weighted by molar-refractivity contribution is 5.94. The average Bonchev–Trinajstić information content (AvgIpc) is 1.22. The fourth-order valence-corrected chi connectivity index (χ4v) is 10.6. The summed E-state index contributed by atoms with van der Waals surface area (Å²) in [6.07, 6.45) is 5.89. The summed E-state index contributed by atoms with van der Waals surface area (Å²) in [7, 11) is 0. The number of azide groups is 1. The van der Waals surface area contributed by atoms with Gasteiger partial charge in [-0.3, -0.25) is 38.4 Å². The highest BCUT2D eigenvalue weighted by Gasteiger charge is 2.36. The lowest BCUT2D eigenvalue weighted by atomic mass is 10.0. The lowest BCUT2D eigenvalue weighted by Crippen LogP contribution is -2.53. The molecule has 90 heavy (non-hydrogen) atoms. The van der Waals surface area contributed by atoms with Gasteiger partial charge in [-0.05, 0) is 86.9 Å². The molecule has 6 aromatic rings. The number of amides is 8. The third-order valence-electron chi connectivity index (χ3n) is 16.1. The van der Waals surface area contributed by atoms with Crippen LogP contribution in [-0.2, 0) is 38.4 Å². The topological polar surface area (TPSA) is 246 Å². The normalized spacial score (nSPS) is 12.8. The first-order valence-corrected chi connectivity index (χ1v) is 30.1. The van der Waals surface area contributed by atoms with E-state index in [1.807, 2.05) is 116 Å². The Morgan fingerprint density at radius 2 is 0.722 bits per heavy atom. The Morgan fingerprint density at radius 1 is 0.433 bits per heavy atom. The van der Waals surface area contributed by atoms with Crippen molar-refractivity contribution in [3.05, 3.63) is 226 Å². The van der Waals surface area contributed by atoms with Gasteiger partial charge in [-0.25, -0.2) is 0 Å². The molecular formula is C70H82N12O8. The van der Waals surface area contributed by atoms with Crippen LogP contribution in [0.15, 0.2) is 187 Å². The van der Waals surface area contributed by atoms with Gasteiger partial charge in [0.05, 0.1) is 56.4 Å². The number of benzene rings is 6. The number of carbonyl (C=O) groups excluding carboxylic acids is 8. The van der Waals surface area contributed by atoms with Gasteiger partial charge < -0.3 is 45.3 Å². The Hall–Kier alpha value is -10.1. The molecule has 0 radical (unpaired) electrons. The molecule has 6 aromatic carbocycles. The molecule has 0 unspecified atom stereocenters. The number of hydrogen-bond acceptors (Lipinski definition) is 10. The molecule has 20 heteroatoms. The third kappa shape index (κ3) is 20.0. The van der Waals surface area contributed by atoms with Crippen LogP contribution in [0.2, 0.25) is 0 Å². The molecule has 0 aliphatic rings. The molecule has 0 aliphatic heterocycles. The molecule has 6 rings (SSSR count). The van der Waals surface area contributed by atoms with E-state index in [0.29, 0.717) is 22.3 Å². The minimum absolute atomic E-state index is 0.0497. The van der Waals surface area contributed by atoms with Crippen molar-refractivity contribution in [2.75, 3.05) is 72.0 Å². The zero-order valence-electron chi connectivity index (χ0n) is 52.2. The van der Waals surface area contributed by atoms with E-state index in [9.17, 15) is 24.7 Å². The lowest BCUT2D eigenvalue weighted by Gasteiger charge is -2.37. The Kier molecular flexibility index (Phi) is 26.9. The van der Waals surface area contributed by atoms with Gasteiger partial charge in [-0.15, -0.1) is 6.42 Å². The molecule has 20 nitrogen and oxygen atoms in total. The highest BCUT2D eigenvalue weighted by atomic mass is 16.2. The predicted molar refractivity (Wildman–Crippen MR) is 346 cm³/mol. The first-order valence-electron chi connectivity index (χ1n) is 30.1. The largest absolute Gasteiger partial charge is 0.368 e. The summed E-state index contributed by atoms with van der Waals surface area (Å²) in [6, 6.07) is 50.9. The Morgan fingerprint density at radius 3 is 1.03 bits per heavy atom. The van der Waals surface area contributed by atoms with Gasteiger partial charge in [0.2, 0.25) is 47.3 Å². The molecule has 0 saturated heterocycles. The standard InChI is InChI=1S/C70H82N12O8/c1-8-41-76(64(84)43-73-51(2)57-28-15-9-16-29-57)45-66(86)80(54(5)60-34-21-12-22-35-60)49-69(89)79(53(4)59-32-19-11-20-33-59)47-65(85)77(42-27-40-74-75-72)46-67(87)81(55(6)61-36-23-13-24-37-61)50-70(90)82(56(7)62-38-25-14-26-39-62)48-68(88)78(44-63(71)83)52(3)58-30-17-10-18-31-58/h1,9-26,28-39,51-56,73H,27,40-50H2,2-7H3,(H2,71,83)/t51-,52-,53-,54-,55-,56-/m0/s1. The van der Waals surface area contributed by atoms with E-state index >= 15 is 19.2 Å². The minimum Gasteiger partial charge on any atom is -0.368 e. The van der Waals surface area contributed by atoms with Crippen LogP contribution < -0.4 is 11.1 Å². The van der Waals surface area contributed by atoms with Gasteiger partial charge in [0.15, 0.2) is 0 Å². The predicted octanol–water partition coefficient (Wildman–Crippen LogP) is 8.76. The van der Waals surface area contributed by atoms with E-state index in [1.54, 1.807) is 107 Å². The zero-order chi connectivity index (χ0) is 65.1. The van der Waals surface area contributed by atoms with E-state index in [4.69, 9.17) is 12.2 Å². The SMILES string of the molecule is C#CCN(CC(=O)N(CC(=O)N(CC(=O)N(CCCN=[N+]=[N-])CC(=O)N(CC(=O)N(CC(=O)N(CC(N)=O)[C@@H](C)c1ccccc1)[C@@H](C)c1ccccc1)[C@@H](C)c1ccccc1)[C@@H](C)c1ccccc1)[C@@H](C)c1ccccc1)C(=O)CN[C@@H](C)c1ccccc1. The molecule has 0 heterocycles. The van der Waals surface area contributed by atoms with Gasteiger partial charge in [-0.1, -0.05) is 193 Å². The highest BCUT2D eigenvalue weighted by Crippen LogP contribution is 2.28. The van der Waals surface area contributed by atoms with Gasteiger partial charge in [0.1, 0.15) is 32.7 Å². The van der Waals surface area contributed by atoms with Crippen molar-refractivity contribution in [2.24, 2.45) is 10.8 Å². The number of nitrogens with one attached hydrogen (secondary N) is 1. The second kappa shape index (κ2) is 35.0. The molecule has 0 spiro atoms. The van der Waals surface area contributed by atoms with Crippen LogP contribution in [0, 0.1) is 12.3 Å². The molecule has 3 N–H and O–H groups in total. The van der Waals surface area contributed by atoms with Gasteiger partial charge in [0, 0.05) is 24.0 Å². The molecule has 0 fully saturated rings. The molecule has 0 aromatic heterocycles. The summed E-state index contributed by atoms with van der Waals surface area (Å²) < 4.78 is 0. The molecule has 0 saturated carbocycles. The Balaban J connectivity index is 1.33. The lowest BCUT2D eigenvalue weighted by molar-refractivity contribution is -0.151. The Labute approximate surface area is 528 Å². The van der Waals surface area contributed by atoms with Crippen molar-refractivity contribution < 1.29 is 38.4 Å². The quantitative estimate of drug-likeness (QED) is 0.0131. The van der Waals surface area contributed by atoms with Crippen molar-refractivity contribution in [2.45, 2.75) is 84.2 Å². The maximum absolute atomic E-state index is 15.4. The Bertz CT molecular complexity index is 3410. The fraction of sp³-hybridized carbons (Fsp3) is 0.343. The molecule has 470 valence electrons. The molecule has 0 aliphatic carbocycles. The van der Waals surface area contributed by atoms with Crippen molar-refractivity contribution >= 4 is 47.3 Å². The third-order valence-corrected chi connectivity index (χ3v) is 16.1. The first kappa shape index (κ1) is 69.0. The second-order valence-electron chi connectivity index (χ2n) is 22.1. The van der Waals surface area contributed by atoms with Crippen LogP contribution in [0.25, 0.3) is 10.4 Å². The molecule has 6 atom stereocenters. The number of carbonyl (C=O) groups is 8. The van der Waals surface area contributed by atoms with Crippen molar-refractivity contribution in [3.8, 4) is 12.3 Å².